The summed E-state index contributed by atoms with van der Waals surface area (Å²) in [5.41, 5.74) is 0. The fourth-order valence-electron chi connectivity index (χ4n) is 0.708. The van der Waals surface area contributed by atoms with Gasteiger partial charge in [-0.25, -0.2) is 0 Å². The largest absolute Gasteiger partial charge is 0.316 e. The molecule has 1 rings (SSSR count). The highest BCUT2D eigenvalue weighted by Crippen LogP contribution is 1.99. The van der Waals surface area contributed by atoms with Crippen molar-refractivity contribution in [2.45, 2.75) is 6.92 Å². The Morgan fingerprint density at radius 3 is 2.75 bits per heavy atom. The van der Waals surface area contributed by atoms with Gasteiger partial charge in [0.25, 0.3) is 0 Å². The lowest BCUT2D eigenvalue weighted by atomic mass is 10.6. The topological polar surface area (TPSA) is 15.0 Å². The molecule has 0 aromatic carbocycles. The number of rotatable bonds is 4. The van der Waals surface area contributed by atoms with Gasteiger partial charge < -0.3 is 5.32 Å². The first kappa shape index (κ1) is 6.05. The van der Waals surface area contributed by atoms with Gasteiger partial charge >= 0.3 is 0 Å². The summed E-state index contributed by atoms with van der Waals surface area (Å²) in [6.07, 6.45) is 0. The summed E-state index contributed by atoms with van der Waals surface area (Å²) in [5.74, 6) is 0. The minimum Gasteiger partial charge on any atom is -0.316 e. The molecule has 1 aliphatic heterocycles. The zero-order chi connectivity index (χ0) is 5.82. The predicted molar refractivity (Wildman–Crippen MR) is 35.0 cm³/mol. The fraction of sp³-hybridized carbons (Fsp3) is 1.00. The third kappa shape index (κ3) is 2.28. The summed E-state index contributed by atoms with van der Waals surface area (Å²) < 4.78 is 0. The van der Waals surface area contributed by atoms with E-state index in [0.717, 1.165) is 13.1 Å². The number of nitrogens with zero attached hydrogens (tertiary/aromatic N) is 1. The number of hydrogen-bond acceptors (Lipinski definition) is 2. The highest BCUT2D eigenvalue weighted by Gasteiger charge is 2.14. The van der Waals surface area contributed by atoms with E-state index in [9.17, 15) is 0 Å². The maximum atomic E-state index is 3.28. The maximum Gasteiger partial charge on any atom is 0.0110 e. The zero-order valence-electron chi connectivity index (χ0n) is 5.48. The highest BCUT2D eigenvalue weighted by molar-refractivity contribution is 4.72. The Balaban J connectivity index is 1.74. The fourth-order valence-corrected chi connectivity index (χ4v) is 0.708. The average Bonchev–Trinajstić information content (AvgIpc) is 2.51. The Labute approximate surface area is 50.9 Å². The van der Waals surface area contributed by atoms with Crippen molar-refractivity contribution in [3.8, 4) is 0 Å². The monoisotopic (exact) mass is 114 g/mol. The van der Waals surface area contributed by atoms with E-state index in [-0.39, 0.29) is 0 Å². The van der Waals surface area contributed by atoms with Gasteiger partial charge in [-0.15, -0.1) is 0 Å². The summed E-state index contributed by atoms with van der Waals surface area (Å²) in [6.45, 7) is 8.30. The molecule has 0 aliphatic carbocycles. The van der Waals surface area contributed by atoms with Crippen LogP contribution in [0.1, 0.15) is 6.92 Å². The van der Waals surface area contributed by atoms with Gasteiger partial charge in [0, 0.05) is 26.2 Å². The molecule has 0 bridgehead atoms. The Bertz CT molecular complexity index is 59.5. The molecule has 0 spiro atoms. The third-order valence-electron chi connectivity index (χ3n) is 1.39. The van der Waals surface area contributed by atoms with Crippen LogP contribution in [0.3, 0.4) is 0 Å². The minimum absolute atomic E-state index is 1.10. The normalized spacial score (nSPS) is 19.1. The van der Waals surface area contributed by atoms with Crippen LogP contribution in [0.25, 0.3) is 0 Å². The molecule has 48 valence electrons. The molecule has 0 saturated carbocycles. The summed E-state index contributed by atoms with van der Waals surface area (Å²) >= 11 is 0. The minimum atomic E-state index is 1.10. The van der Waals surface area contributed by atoms with Gasteiger partial charge in [-0.05, 0) is 6.54 Å². The third-order valence-corrected chi connectivity index (χ3v) is 1.39. The predicted octanol–water partition coefficient (Wildman–Crippen LogP) is -0.0885. The van der Waals surface area contributed by atoms with Crippen LogP contribution in [-0.2, 0) is 0 Å². The van der Waals surface area contributed by atoms with Crippen LogP contribution >= 0.6 is 0 Å². The molecule has 1 saturated heterocycles. The molecule has 1 aliphatic rings. The standard InChI is InChI=1S/C6H14N2/c1-2-7-3-4-8-5-6-8/h7H,2-6H2,1H3. The van der Waals surface area contributed by atoms with Crippen LogP contribution in [0.4, 0.5) is 0 Å². The van der Waals surface area contributed by atoms with Crippen molar-refractivity contribution in [3.63, 3.8) is 0 Å². The summed E-state index contributed by atoms with van der Waals surface area (Å²) in [7, 11) is 0. The zero-order valence-corrected chi connectivity index (χ0v) is 5.48. The van der Waals surface area contributed by atoms with Crippen molar-refractivity contribution < 1.29 is 0 Å². The molecule has 1 heterocycles. The molecule has 0 amide bonds. The van der Waals surface area contributed by atoms with E-state index in [1.807, 2.05) is 0 Å². The SMILES string of the molecule is CCNCCN1CC1. The number of hydrogen-bond donors (Lipinski definition) is 1. The Kier molecular flexibility index (Phi) is 2.30. The second kappa shape index (κ2) is 3.05. The lowest BCUT2D eigenvalue weighted by Gasteiger charge is -1.99. The molecule has 0 radical (unpaired) electrons. The molecule has 1 fully saturated rings. The number of nitrogens with one attached hydrogen (secondary N) is 1. The number of likely N-dealkylation sites (N-methyl/N-ethyl adjacent to an activating group) is 1. The van der Waals surface area contributed by atoms with Gasteiger partial charge in [-0.2, -0.15) is 0 Å². The van der Waals surface area contributed by atoms with Crippen LogP contribution < -0.4 is 5.32 Å². The Morgan fingerprint density at radius 1 is 1.50 bits per heavy atom. The van der Waals surface area contributed by atoms with Crippen LogP contribution in [0.2, 0.25) is 0 Å². The van der Waals surface area contributed by atoms with E-state index in [4.69, 9.17) is 0 Å². The Hall–Kier alpha value is -0.0800. The second-order valence-electron chi connectivity index (χ2n) is 2.20. The van der Waals surface area contributed by atoms with Gasteiger partial charge in [0.2, 0.25) is 0 Å². The molecule has 8 heavy (non-hydrogen) atoms. The van der Waals surface area contributed by atoms with Crippen molar-refractivity contribution in [3.05, 3.63) is 0 Å². The van der Waals surface area contributed by atoms with Gasteiger partial charge in [-0.3, -0.25) is 4.90 Å². The molecule has 0 atom stereocenters. The second-order valence-corrected chi connectivity index (χ2v) is 2.20. The van der Waals surface area contributed by atoms with Gasteiger partial charge in [-0.1, -0.05) is 6.92 Å². The smallest absolute Gasteiger partial charge is 0.0110 e. The van der Waals surface area contributed by atoms with Crippen molar-refractivity contribution in [1.82, 2.24) is 10.2 Å². The molecule has 2 nitrogen and oxygen atoms in total. The lowest BCUT2D eigenvalue weighted by molar-refractivity contribution is 0.529. The Morgan fingerprint density at radius 2 is 2.25 bits per heavy atom. The first-order chi connectivity index (χ1) is 3.93. The van der Waals surface area contributed by atoms with Crippen LogP contribution in [0.15, 0.2) is 0 Å². The molecular formula is C6H14N2. The van der Waals surface area contributed by atoms with Crippen molar-refractivity contribution >= 4 is 0 Å². The van der Waals surface area contributed by atoms with E-state index >= 15 is 0 Å². The molecule has 1 N–H and O–H groups in total. The lowest BCUT2D eigenvalue weighted by Crippen LogP contribution is -2.21. The average molecular weight is 114 g/mol. The molecular weight excluding hydrogens is 100 g/mol. The van der Waals surface area contributed by atoms with E-state index in [2.05, 4.69) is 17.1 Å². The van der Waals surface area contributed by atoms with Crippen molar-refractivity contribution in [2.75, 3.05) is 32.7 Å². The van der Waals surface area contributed by atoms with Gasteiger partial charge in [0.1, 0.15) is 0 Å². The van der Waals surface area contributed by atoms with Gasteiger partial charge in [0.15, 0.2) is 0 Å². The molecule has 0 unspecified atom stereocenters. The first-order valence-corrected chi connectivity index (χ1v) is 3.36. The van der Waals surface area contributed by atoms with E-state index in [1.54, 1.807) is 0 Å². The van der Waals surface area contributed by atoms with E-state index < -0.39 is 0 Å². The molecule has 0 aromatic heterocycles. The van der Waals surface area contributed by atoms with E-state index in [0.29, 0.717) is 0 Å². The van der Waals surface area contributed by atoms with E-state index in [1.165, 1.54) is 19.6 Å². The summed E-state index contributed by atoms with van der Waals surface area (Å²) in [4.78, 5) is 2.42. The van der Waals surface area contributed by atoms with Gasteiger partial charge in [0.05, 0.1) is 0 Å². The first-order valence-electron chi connectivity index (χ1n) is 3.36. The summed E-state index contributed by atoms with van der Waals surface area (Å²) in [6, 6.07) is 0. The highest BCUT2D eigenvalue weighted by atomic mass is 15.3. The van der Waals surface area contributed by atoms with Crippen LogP contribution in [-0.4, -0.2) is 37.6 Å². The molecule has 2 heteroatoms. The van der Waals surface area contributed by atoms with Crippen molar-refractivity contribution in [1.29, 1.82) is 0 Å². The molecule has 0 aromatic rings. The maximum absolute atomic E-state index is 3.28. The van der Waals surface area contributed by atoms with Crippen LogP contribution in [0.5, 0.6) is 0 Å². The van der Waals surface area contributed by atoms with Crippen LogP contribution in [0, 0.1) is 0 Å². The van der Waals surface area contributed by atoms with Crippen molar-refractivity contribution in [2.24, 2.45) is 0 Å². The quantitative estimate of drug-likeness (QED) is 0.406. The summed E-state index contributed by atoms with van der Waals surface area (Å²) in [5, 5.41) is 3.28.